The molecule has 0 aliphatic rings. The fraction of sp³-hybridized carbons (Fsp3) is 0.600. The summed E-state index contributed by atoms with van der Waals surface area (Å²) in [6.07, 6.45) is 3.15. The second-order valence-electron chi connectivity index (χ2n) is 3.29. The Morgan fingerprint density at radius 3 is 2.93 bits per heavy atom. The number of nitrogens with one attached hydrogen (secondary N) is 1. The monoisotopic (exact) mass is 241 g/mol. The van der Waals surface area contributed by atoms with Crippen molar-refractivity contribution in [2.45, 2.75) is 26.3 Å². The molecule has 0 radical (unpaired) electrons. The van der Waals surface area contributed by atoms with Gasteiger partial charge in [0.05, 0.1) is 5.69 Å². The van der Waals surface area contributed by atoms with Gasteiger partial charge in [-0.3, -0.25) is 0 Å². The SMILES string of the molecule is CCC(CSC)Nc1snc(C)c1C#N. The molecule has 0 aliphatic heterocycles. The minimum absolute atomic E-state index is 0.423. The zero-order valence-electron chi connectivity index (χ0n) is 9.20. The second kappa shape index (κ2) is 5.99. The molecule has 0 aliphatic carbocycles. The maximum Gasteiger partial charge on any atom is 0.127 e. The molecule has 0 aromatic carbocycles. The molecule has 1 unspecified atom stereocenters. The number of anilines is 1. The van der Waals surface area contributed by atoms with Gasteiger partial charge >= 0.3 is 0 Å². The molecule has 0 fully saturated rings. The minimum Gasteiger partial charge on any atom is -0.371 e. The number of nitriles is 1. The van der Waals surface area contributed by atoms with Gasteiger partial charge in [0, 0.05) is 11.8 Å². The minimum atomic E-state index is 0.423. The third-order valence-corrected chi connectivity index (χ3v) is 3.78. The van der Waals surface area contributed by atoms with Crippen molar-refractivity contribution in [2.24, 2.45) is 0 Å². The molecule has 1 N–H and O–H groups in total. The molecule has 0 amide bonds. The van der Waals surface area contributed by atoms with Crippen LogP contribution in [0.2, 0.25) is 0 Å². The molecule has 3 nitrogen and oxygen atoms in total. The van der Waals surface area contributed by atoms with E-state index < -0.39 is 0 Å². The summed E-state index contributed by atoms with van der Waals surface area (Å²) in [5.41, 5.74) is 1.52. The quantitative estimate of drug-likeness (QED) is 0.861. The van der Waals surface area contributed by atoms with Crippen molar-refractivity contribution in [3.63, 3.8) is 0 Å². The number of nitrogens with zero attached hydrogens (tertiary/aromatic N) is 2. The average Bonchev–Trinajstić information content (AvgIpc) is 2.58. The molecule has 1 aromatic rings. The maximum absolute atomic E-state index is 8.98. The van der Waals surface area contributed by atoms with Crippen molar-refractivity contribution in [3.05, 3.63) is 11.3 Å². The van der Waals surface area contributed by atoms with Crippen molar-refractivity contribution >= 4 is 28.3 Å². The van der Waals surface area contributed by atoms with Crippen molar-refractivity contribution in [1.29, 1.82) is 5.26 Å². The van der Waals surface area contributed by atoms with E-state index in [1.54, 1.807) is 0 Å². The fourth-order valence-electron chi connectivity index (χ4n) is 1.25. The van der Waals surface area contributed by atoms with E-state index in [1.165, 1.54) is 11.5 Å². The highest BCUT2D eigenvalue weighted by Gasteiger charge is 2.13. The zero-order chi connectivity index (χ0) is 11.3. The highest BCUT2D eigenvalue weighted by Crippen LogP contribution is 2.25. The number of rotatable bonds is 5. The van der Waals surface area contributed by atoms with Crippen LogP contribution in [0.25, 0.3) is 0 Å². The first-order chi connectivity index (χ1) is 7.22. The van der Waals surface area contributed by atoms with Crippen LogP contribution in [0.3, 0.4) is 0 Å². The van der Waals surface area contributed by atoms with Crippen LogP contribution in [-0.4, -0.2) is 22.4 Å². The number of aryl methyl sites for hydroxylation is 1. The molecule has 5 heteroatoms. The van der Waals surface area contributed by atoms with E-state index in [0.29, 0.717) is 11.6 Å². The summed E-state index contributed by atoms with van der Waals surface area (Å²) in [4.78, 5) is 0. The molecule has 0 saturated carbocycles. The molecular formula is C10H15N3S2. The summed E-state index contributed by atoms with van der Waals surface area (Å²) in [5.74, 6) is 1.05. The molecule has 1 rings (SSSR count). The van der Waals surface area contributed by atoms with E-state index in [0.717, 1.165) is 22.9 Å². The zero-order valence-corrected chi connectivity index (χ0v) is 10.8. The van der Waals surface area contributed by atoms with Crippen molar-refractivity contribution in [3.8, 4) is 6.07 Å². The second-order valence-corrected chi connectivity index (χ2v) is 4.97. The van der Waals surface area contributed by atoms with Crippen LogP contribution in [0, 0.1) is 18.3 Å². The summed E-state index contributed by atoms with van der Waals surface area (Å²) in [7, 11) is 0. The van der Waals surface area contributed by atoms with Crippen LogP contribution in [0.5, 0.6) is 0 Å². The number of hydrogen-bond acceptors (Lipinski definition) is 5. The molecule has 0 bridgehead atoms. The normalized spacial score (nSPS) is 12.1. The smallest absolute Gasteiger partial charge is 0.127 e. The van der Waals surface area contributed by atoms with E-state index in [1.807, 2.05) is 18.7 Å². The van der Waals surface area contributed by atoms with Crippen LogP contribution in [0.15, 0.2) is 0 Å². The van der Waals surface area contributed by atoms with E-state index in [2.05, 4.69) is 28.9 Å². The van der Waals surface area contributed by atoms with Crippen molar-refractivity contribution in [1.82, 2.24) is 4.37 Å². The maximum atomic E-state index is 8.98. The molecule has 1 atom stereocenters. The number of aromatic nitrogens is 1. The van der Waals surface area contributed by atoms with Gasteiger partial charge in [-0.05, 0) is 31.1 Å². The lowest BCUT2D eigenvalue weighted by Gasteiger charge is -2.15. The fourth-order valence-corrected chi connectivity index (χ4v) is 2.79. The van der Waals surface area contributed by atoms with Gasteiger partial charge in [-0.15, -0.1) is 0 Å². The lowest BCUT2D eigenvalue weighted by atomic mass is 10.2. The van der Waals surface area contributed by atoms with Crippen molar-refractivity contribution < 1.29 is 0 Å². The van der Waals surface area contributed by atoms with Gasteiger partial charge in [-0.1, -0.05) is 6.92 Å². The van der Waals surface area contributed by atoms with Gasteiger partial charge in [0.15, 0.2) is 0 Å². The van der Waals surface area contributed by atoms with Crippen LogP contribution in [-0.2, 0) is 0 Å². The number of hydrogen-bond donors (Lipinski definition) is 1. The highest BCUT2D eigenvalue weighted by molar-refractivity contribution is 7.98. The molecule has 1 aromatic heterocycles. The average molecular weight is 241 g/mol. The van der Waals surface area contributed by atoms with Crippen LogP contribution < -0.4 is 5.32 Å². The van der Waals surface area contributed by atoms with E-state index >= 15 is 0 Å². The molecule has 0 spiro atoms. The molecule has 0 saturated heterocycles. The summed E-state index contributed by atoms with van der Waals surface area (Å²) in [6.45, 7) is 4.02. The molecule has 82 valence electrons. The molecule has 15 heavy (non-hydrogen) atoms. The van der Waals surface area contributed by atoms with E-state index in [4.69, 9.17) is 5.26 Å². The van der Waals surface area contributed by atoms with Crippen LogP contribution >= 0.6 is 23.3 Å². The predicted octanol–water partition coefficient (Wildman–Crippen LogP) is 2.88. The van der Waals surface area contributed by atoms with Gasteiger partial charge in [0.2, 0.25) is 0 Å². The van der Waals surface area contributed by atoms with Crippen molar-refractivity contribution in [2.75, 3.05) is 17.3 Å². The summed E-state index contributed by atoms with van der Waals surface area (Å²) >= 11 is 3.19. The van der Waals surface area contributed by atoms with Gasteiger partial charge in [-0.2, -0.15) is 21.4 Å². The van der Waals surface area contributed by atoms with E-state index in [-0.39, 0.29) is 0 Å². The van der Waals surface area contributed by atoms with Gasteiger partial charge in [0.1, 0.15) is 16.6 Å². The van der Waals surface area contributed by atoms with Gasteiger partial charge in [0.25, 0.3) is 0 Å². The van der Waals surface area contributed by atoms with Gasteiger partial charge in [-0.25, -0.2) is 0 Å². The highest BCUT2D eigenvalue weighted by atomic mass is 32.2. The lowest BCUT2D eigenvalue weighted by molar-refractivity contribution is 0.777. The first-order valence-electron chi connectivity index (χ1n) is 4.84. The summed E-state index contributed by atoms with van der Waals surface area (Å²) < 4.78 is 4.18. The Labute approximate surface area is 99.1 Å². The summed E-state index contributed by atoms with van der Waals surface area (Å²) in [5, 5.41) is 13.3. The lowest BCUT2D eigenvalue weighted by Crippen LogP contribution is -2.20. The third-order valence-electron chi connectivity index (χ3n) is 2.17. The van der Waals surface area contributed by atoms with Crippen LogP contribution in [0.1, 0.15) is 24.6 Å². The molecule has 1 heterocycles. The molecular weight excluding hydrogens is 226 g/mol. The standard InChI is InChI=1S/C10H15N3S2/c1-4-8(6-14-3)12-10-9(5-11)7(2)13-15-10/h8,12H,4,6H2,1-3H3. The predicted molar refractivity (Wildman–Crippen MR) is 67.6 cm³/mol. The Balaban J connectivity index is 2.75. The summed E-state index contributed by atoms with van der Waals surface area (Å²) in [6, 6.07) is 2.62. The largest absolute Gasteiger partial charge is 0.371 e. The van der Waals surface area contributed by atoms with Gasteiger partial charge < -0.3 is 5.32 Å². The number of thioether (sulfide) groups is 1. The first kappa shape index (κ1) is 12.3. The first-order valence-corrected chi connectivity index (χ1v) is 7.01. The van der Waals surface area contributed by atoms with Crippen LogP contribution in [0.4, 0.5) is 5.00 Å². The van der Waals surface area contributed by atoms with E-state index in [9.17, 15) is 0 Å². The Morgan fingerprint density at radius 2 is 2.40 bits per heavy atom. The Kier molecular flexibility index (Phi) is 4.92. The Morgan fingerprint density at radius 1 is 1.67 bits per heavy atom. The Bertz CT molecular complexity index is 354. The Hall–Kier alpha value is -0.730. The topological polar surface area (TPSA) is 48.7 Å². The third kappa shape index (κ3) is 3.11.